The molecule has 0 aliphatic heterocycles. The van der Waals surface area contributed by atoms with Gasteiger partial charge in [-0.25, -0.2) is 5.10 Å². The lowest BCUT2D eigenvalue weighted by Crippen LogP contribution is -2.19. The number of allylic oxidation sites excluding steroid dienone is 9. The normalized spacial score (nSPS) is 18.6. The number of amides is 1. The summed E-state index contributed by atoms with van der Waals surface area (Å²) in [5, 5.41) is 8.88. The molecule has 0 radical (unpaired) electrons. The first kappa shape index (κ1) is 20.6. The number of carbonyl (C=O) groups excluding carboxylic acids is 1. The largest absolute Gasteiger partial charge is 0.291 e. The SMILES string of the molecule is CC1=C(/C=C/C(C)=C/C=C/C(C)=C/C(=O)Nc2ncn[nH]2)C(C)(C)CCC1. The van der Waals surface area contributed by atoms with Crippen LogP contribution in [0.4, 0.5) is 5.95 Å². The number of carbonyl (C=O) groups is 1. The first-order valence-corrected chi connectivity index (χ1v) is 9.36. The van der Waals surface area contributed by atoms with Gasteiger partial charge in [0.1, 0.15) is 6.33 Å². The Balaban J connectivity index is 1.95. The second kappa shape index (κ2) is 9.31. The molecular weight excluding hydrogens is 336 g/mol. The molecule has 5 nitrogen and oxygen atoms in total. The van der Waals surface area contributed by atoms with Crippen molar-refractivity contribution in [2.75, 3.05) is 5.32 Å². The summed E-state index contributed by atoms with van der Waals surface area (Å²) in [6.45, 7) is 10.9. The Labute approximate surface area is 162 Å². The maximum Gasteiger partial charge on any atom is 0.250 e. The molecule has 1 aliphatic rings. The Bertz CT molecular complexity index is 805. The highest BCUT2D eigenvalue weighted by molar-refractivity contribution is 5.98. The molecule has 5 heteroatoms. The molecule has 1 aliphatic carbocycles. The predicted molar refractivity (Wildman–Crippen MR) is 111 cm³/mol. The Hall–Kier alpha value is -2.69. The van der Waals surface area contributed by atoms with E-state index in [1.54, 1.807) is 0 Å². The lowest BCUT2D eigenvalue weighted by atomic mass is 9.72. The van der Waals surface area contributed by atoms with Crippen LogP contribution in [0.15, 0.2) is 65.1 Å². The van der Waals surface area contributed by atoms with E-state index >= 15 is 0 Å². The van der Waals surface area contributed by atoms with Gasteiger partial charge < -0.3 is 0 Å². The summed E-state index contributed by atoms with van der Waals surface area (Å²) in [6, 6.07) is 0. The molecule has 0 fully saturated rings. The summed E-state index contributed by atoms with van der Waals surface area (Å²) in [4.78, 5) is 15.7. The van der Waals surface area contributed by atoms with E-state index in [9.17, 15) is 4.79 Å². The third-order valence-corrected chi connectivity index (χ3v) is 4.79. The maximum atomic E-state index is 11.8. The summed E-state index contributed by atoms with van der Waals surface area (Å²) < 4.78 is 0. The molecule has 1 aromatic heterocycles. The second-order valence-corrected chi connectivity index (χ2v) is 7.75. The van der Waals surface area contributed by atoms with E-state index in [1.165, 1.54) is 48.4 Å². The maximum absolute atomic E-state index is 11.8. The third-order valence-electron chi connectivity index (χ3n) is 4.79. The van der Waals surface area contributed by atoms with Crippen LogP contribution in [0.1, 0.15) is 53.9 Å². The van der Waals surface area contributed by atoms with Gasteiger partial charge in [0.15, 0.2) is 0 Å². The molecule has 144 valence electrons. The number of hydrogen-bond acceptors (Lipinski definition) is 3. The van der Waals surface area contributed by atoms with E-state index in [-0.39, 0.29) is 11.3 Å². The van der Waals surface area contributed by atoms with E-state index in [2.05, 4.69) is 60.3 Å². The van der Waals surface area contributed by atoms with Crippen LogP contribution in [-0.4, -0.2) is 21.1 Å². The summed E-state index contributed by atoms with van der Waals surface area (Å²) in [7, 11) is 0. The predicted octanol–water partition coefficient (Wildman–Crippen LogP) is 5.27. The second-order valence-electron chi connectivity index (χ2n) is 7.75. The highest BCUT2D eigenvalue weighted by atomic mass is 16.1. The molecule has 0 bridgehead atoms. The van der Waals surface area contributed by atoms with Gasteiger partial charge in [0, 0.05) is 6.08 Å². The lowest BCUT2D eigenvalue weighted by Gasteiger charge is -2.32. The quantitative estimate of drug-likeness (QED) is 0.532. The summed E-state index contributed by atoms with van der Waals surface area (Å²) in [5.41, 5.74) is 5.25. The molecule has 0 atom stereocenters. The minimum atomic E-state index is -0.239. The Kier molecular flexibility index (Phi) is 7.11. The summed E-state index contributed by atoms with van der Waals surface area (Å²) in [6.07, 6.45) is 17.0. The van der Waals surface area contributed by atoms with Crippen molar-refractivity contribution in [3.05, 3.63) is 65.1 Å². The Morgan fingerprint density at radius 3 is 2.70 bits per heavy atom. The Morgan fingerprint density at radius 1 is 1.26 bits per heavy atom. The standard InChI is InChI=1S/C22H30N4O/c1-16(11-12-19-18(3)10-7-13-22(19,4)5)8-6-9-17(2)14-20(27)25-21-23-15-24-26-21/h6,8-9,11-12,14-15H,7,10,13H2,1-5H3,(H2,23,24,25,26,27)/b9-6+,12-11+,16-8+,17-14+. The molecule has 0 aromatic carbocycles. The molecule has 2 N–H and O–H groups in total. The van der Waals surface area contributed by atoms with Crippen molar-refractivity contribution in [1.82, 2.24) is 15.2 Å². The summed E-state index contributed by atoms with van der Waals surface area (Å²) in [5.74, 6) is 0.0978. The van der Waals surface area contributed by atoms with E-state index in [1.807, 2.05) is 25.2 Å². The van der Waals surface area contributed by atoms with Gasteiger partial charge in [0.05, 0.1) is 0 Å². The van der Waals surface area contributed by atoms with E-state index in [4.69, 9.17) is 0 Å². The number of nitrogens with one attached hydrogen (secondary N) is 2. The fourth-order valence-corrected chi connectivity index (χ4v) is 3.31. The number of nitrogens with zero attached hydrogens (tertiary/aromatic N) is 2. The van der Waals surface area contributed by atoms with Crippen molar-refractivity contribution < 1.29 is 4.79 Å². The number of rotatable bonds is 6. The highest BCUT2D eigenvalue weighted by Crippen LogP contribution is 2.40. The molecule has 0 saturated carbocycles. The molecule has 1 heterocycles. The zero-order valence-electron chi connectivity index (χ0n) is 17.0. The monoisotopic (exact) mass is 366 g/mol. The number of aromatic amines is 1. The summed E-state index contributed by atoms with van der Waals surface area (Å²) >= 11 is 0. The van der Waals surface area contributed by atoms with Crippen molar-refractivity contribution in [1.29, 1.82) is 0 Å². The van der Waals surface area contributed by atoms with Gasteiger partial charge in [-0.2, -0.15) is 10.1 Å². The van der Waals surface area contributed by atoms with Crippen LogP contribution < -0.4 is 5.32 Å². The minimum absolute atomic E-state index is 0.239. The average Bonchev–Trinajstić information content (AvgIpc) is 3.06. The van der Waals surface area contributed by atoms with Crippen molar-refractivity contribution in [3.8, 4) is 0 Å². The van der Waals surface area contributed by atoms with Crippen LogP contribution in [-0.2, 0) is 4.79 Å². The van der Waals surface area contributed by atoms with Gasteiger partial charge in [-0.3, -0.25) is 10.1 Å². The highest BCUT2D eigenvalue weighted by Gasteiger charge is 2.26. The first-order valence-electron chi connectivity index (χ1n) is 9.36. The van der Waals surface area contributed by atoms with Gasteiger partial charge >= 0.3 is 0 Å². The fraction of sp³-hybridized carbons (Fsp3) is 0.409. The van der Waals surface area contributed by atoms with E-state index in [0.717, 1.165) is 5.57 Å². The fourth-order valence-electron chi connectivity index (χ4n) is 3.31. The van der Waals surface area contributed by atoms with Crippen molar-refractivity contribution in [2.24, 2.45) is 5.41 Å². The van der Waals surface area contributed by atoms with Crippen LogP contribution in [0.25, 0.3) is 0 Å². The van der Waals surface area contributed by atoms with Gasteiger partial charge in [-0.1, -0.05) is 55.4 Å². The number of aromatic nitrogens is 3. The molecule has 1 amide bonds. The van der Waals surface area contributed by atoms with Gasteiger partial charge in [-0.05, 0) is 56.6 Å². The number of hydrogen-bond donors (Lipinski definition) is 2. The molecule has 2 rings (SSSR count). The molecule has 1 aromatic rings. The molecule has 0 unspecified atom stereocenters. The van der Waals surface area contributed by atoms with E-state index < -0.39 is 0 Å². The first-order chi connectivity index (χ1) is 12.8. The van der Waals surface area contributed by atoms with Crippen LogP contribution >= 0.6 is 0 Å². The third kappa shape index (κ3) is 6.51. The van der Waals surface area contributed by atoms with Crippen LogP contribution in [0.3, 0.4) is 0 Å². The number of H-pyrrole nitrogens is 1. The lowest BCUT2D eigenvalue weighted by molar-refractivity contribution is -0.112. The zero-order valence-corrected chi connectivity index (χ0v) is 17.0. The van der Waals surface area contributed by atoms with Crippen LogP contribution in [0, 0.1) is 5.41 Å². The van der Waals surface area contributed by atoms with Gasteiger partial charge in [0.2, 0.25) is 5.95 Å². The van der Waals surface area contributed by atoms with Crippen molar-refractivity contribution in [3.63, 3.8) is 0 Å². The van der Waals surface area contributed by atoms with Crippen LogP contribution in [0.5, 0.6) is 0 Å². The topological polar surface area (TPSA) is 70.7 Å². The minimum Gasteiger partial charge on any atom is -0.291 e. The van der Waals surface area contributed by atoms with E-state index in [0.29, 0.717) is 5.95 Å². The van der Waals surface area contributed by atoms with Gasteiger partial charge in [-0.15, -0.1) is 0 Å². The number of anilines is 1. The van der Waals surface area contributed by atoms with Crippen molar-refractivity contribution >= 4 is 11.9 Å². The smallest absolute Gasteiger partial charge is 0.250 e. The van der Waals surface area contributed by atoms with Crippen molar-refractivity contribution in [2.45, 2.75) is 53.9 Å². The zero-order chi connectivity index (χ0) is 19.9. The van der Waals surface area contributed by atoms with Gasteiger partial charge in [0.25, 0.3) is 5.91 Å². The van der Waals surface area contributed by atoms with Crippen LogP contribution in [0.2, 0.25) is 0 Å². The Morgan fingerprint density at radius 2 is 2.04 bits per heavy atom. The molecule has 0 spiro atoms. The molecule has 0 saturated heterocycles. The molecule has 27 heavy (non-hydrogen) atoms. The molecular formula is C22H30N4O. The average molecular weight is 367 g/mol.